The van der Waals surface area contributed by atoms with Crippen LogP contribution < -0.4 is 0 Å². The van der Waals surface area contributed by atoms with Gasteiger partial charge in [0.1, 0.15) is 0 Å². The Kier molecular flexibility index (Phi) is 0.703. The van der Waals surface area contributed by atoms with Gasteiger partial charge in [0.25, 0.3) is 0 Å². The van der Waals surface area contributed by atoms with Gasteiger partial charge in [-0.25, -0.2) is 0 Å². The molecule has 0 aromatic rings. The van der Waals surface area contributed by atoms with Crippen molar-refractivity contribution >= 4 is 0 Å². The van der Waals surface area contributed by atoms with E-state index in [1.165, 1.54) is 0 Å². The zero-order valence-electron chi connectivity index (χ0n) is 10.9. The van der Waals surface area contributed by atoms with Crippen LogP contribution in [0.15, 0.2) is 0 Å². The molecule has 4 heteroatoms. The van der Waals surface area contributed by atoms with Crippen LogP contribution in [0, 0.1) is 0 Å². The second-order valence-corrected chi connectivity index (χ2v) is 35.4. The molecule has 0 N–H and O–H groups in total. The molecule has 4 unspecified atom stereocenters. The van der Waals surface area contributed by atoms with E-state index in [4.69, 9.17) is 6.64 Å². The normalized spacial score (nSPS) is 77.4. The Morgan fingerprint density at radius 2 is 1.31 bits per heavy atom. The van der Waals surface area contributed by atoms with Crippen LogP contribution in [0.1, 0.15) is 27.7 Å². The summed E-state index contributed by atoms with van der Waals surface area (Å²) in [6, 6.07) is 0. The van der Waals surface area contributed by atoms with Crippen LogP contribution in [-0.4, -0.2) is 12.7 Å². The molecule has 3 nitrogen and oxygen atoms in total. The molecule has 4 fully saturated rings. The third kappa shape index (κ3) is 0.298. The van der Waals surface area contributed by atoms with Crippen LogP contribution >= 0.6 is 0 Å². The Balaban J connectivity index is 2.34. The van der Waals surface area contributed by atoms with E-state index in [1.807, 2.05) is 6.92 Å². The minimum atomic E-state index is -5.87. The van der Waals surface area contributed by atoms with Crippen molar-refractivity contribution in [2.75, 3.05) is 6.61 Å². The van der Waals surface area contributed by atoms with Gasteiger partial charge in [-0.2, -0.15) is 0 Å². The molecule has 4 aliphatic rings. The average Bonchev–Trinajstić information content (AvgIpc) is 2.83. The molecular formula is C12H24O3Ti. The Labute approximate surface area is 88.1 Å². The molecule has 0 radical (unpaired) electrons. The van der Waals surface area contributed by atoms with Gasteiger partial charge in [-0.05, 0) is 0 Å². The van der Waals surface area contributed by atoms with Crippen LogP contribution in [0.4, 0.5) is 0 Å². The fourth-order valence-electron chi connectivity index (χ4n) is 9.36. The second-order valence-electron chi connectivity index (χ2n) is 10.3. The predicted octanol–water partition coefficient (Wildman–Crippen LogP) is 4.15. The van der Waals surface area contributed by atoms with Gasteiger partial charge in [0.2, 0.25) is 0 Å². The van der Waals surface area contributed by atoms with E-state index in [-0.39, 0.29) is 18.8 Å². The van der Waals surface area contributed by atoms with Crippen LogP contribution in [0.5, 0.6) is 0 Å². The first-order chi connectivity index (χ1) is 6.94. The molecule has 1 spiro atoms. The van der Waals surface area contributed by atoms with Crippen molar-refractivity contribution in [2.45, 2.75) is 60.6 Å². The molecule has 0 aromatic carbocycles. The standard InChI is InChI=1S/C3H6O2.3C3H6.O.Ti/c1-3(5)2-4;3*1-3-2;;/h3H,2H2,1H3;3*3H,1H2,2H3;;/q-2;;;;;+2. The van der Waals surface area contributed by atoms with Gasteiger partial charge in [-0.3, -0.25) is 0 Å². The molecule has 4 atom stereocenters. The molecule has 0 saturated carbocycles. The maximum atomic E-state index is 15.0. The van der Waals surface area contributed by atoms with Gasteiger partial charge in [-0.15, -0.1) is 0 Å². The first-order valence-corrected chi connectivity index (χ1v) is 14.9. The third-order valence-corrected chi connectivity index (χ3v) is 46.7. The molecule has 0 amide bonds. The van der Waals surface area contributed by atoms with Crippen molar-refractivity contribution in [3.63, 3.8) is 0 Å². The molecule has 94 valence electrons. The summed E-state index contributed by atoms with van der Waals surface area (Å²) in [6.07, 6.45) is 0.000633. The molecule has 4 saturated heterocycles. The van der Waals surface area contributed by atoms with E-state index >= 15 is 3.32 Å². The third-order valence-electron chi connectivity index (χ3n) is 11.5. The van der Waals surface area contributed by atoms with Crippen LogP contribution in [0.25, 0.3) is 0 Å². The molecule has 4 rings (SSSR count). The van der Waals surface area contributed by atoms with Crippen LogP contribution in [0.2, 0.25) is 26.8 Å². The van der Waals surface area contributed by atoms with Gasteiger partial charge in [-0.1, -0.05) is 0 Å². The Morgan fingerprint density at radius 3 is 1.44 bits per heavy atom. The molecule has 16 heavy (non-hydrogen) atoms. The average molecular weight is 264 g/mol. The van der Waals surface area contributed by atoms with Gasteiger partial charge >= 0.3 is 88.1 Å². The summed E-state index contributed by atoms with van der Waals surface area (Å²) in [4.78, 5) is 0. The fraction of sp³-hybridized carbons (Fsp3) is 1.00. The van der Waals surface area contributed by atoms with Crippen molar-refractivity contribution in [2.24, 2.45) is 0 Å². The van der Waals surface area contributed by atoms with E-state index in [0.717, 1.165) is 0 Å². The quantitative estimate of drug-likeness (QED) is 0.616. The van der Waals surface area contributed by atoms with Gasteiger partial charge in [0.05, 0.1) is 0 Å². The summed E-state index contributed by atoms with van der Waals surface area (Å²) in [6.45, 7) is 8.88. The summed E-state index contributed by atoms with van der Waals surface area (Å²) in [7, 11) is -5.87. The summed E-state index contributed by atoms with van der Waals surface area (Å²) in [5.74, 6) is 0. The van der Waals surface area contributed by atoms with Gasteiger partial charge in [0, 0.05) is 0 Å². The van der Waals surface area contributed by atoms with E-state index < -0.39 is 10.9 Å². The molecule has 0 aromatic heterocycles. The monoisotopic (exact) mass is 264 g/mol. The second kappa shape index (κ2) is 1.09. The Bertz CT molecular complexity index is 658. The molecule has 4 heterocycles. The summed E-state index contributed by atoms with van der Waals surface area (Å²) in [5, 5.41) is 0. The van der Waals surface area contributed by atoms with E-state index in [0.29, 0.717) is 20.8 Å². The minimum absolute atomic E-state index is 0.000633. The zero-order chi connectivity index (χ0) is 11.9. The van der Waals surface area contributed by atoms with E-state index in [1.54, 1.807) is 0 Å². The number of hydrogen-bond donors (Lipinski definition) is 0. The Hall–Kier alpha value is 0.434. The van der Waals surface area contributed by atoms with Crippen molar-refractivity contribution < 1.29 is 20.9 Å². The zero-order valence-corrected chi connectivity index (χ0v) is 12.4. The maximum absolute atomic E-state index is 15.0. The van der Waals surface area contributed by atoms with E-state index in [9.17, 15) is 0 Å². The topological polar surface area (TPSA) is 35.5 Å². The molecular weight excluding hydrogens is 240 g/mol. The Morgan fingerprint density at radius 1 is 0.938 bits per heavy atom. The molecule has 0 bridgehead atoms. The number of rotatable bonds is 0. The van der Waals surface area contributed by atoms with Crippen LogP contribution in [0.3, 0.4) is 0 Å². The van der Waals surface area contributed by atoms with Crippen molar-refractivity contribution in [3.8, 4) is 0 Å². The first-order valence-electron chi connectivity index (χ1n) is 7.01. The van der Waals surface area contributed by atoms with Crippen LogP contribution in [-0.2, 0) is 20.9 Å². The van der Waals surface area contributed by atoms with Gasteiger partial charge in [0.15, 0.2) is 0 Å². The summed E-state index contributed by atoms with van der Waals surface area (Å²) < 4.78 is 30.5. The van der Waals surface area contributed by atoms with Gasteiger partial charge < -0.3 is 0 Å². The predicted molar refractivity (Wildman–Crippen MR) is 59.9 cm³/mol. The number of hydrogen-bond acceptors (Lipinski definition) is 3. The molecule has 4 aliphatic heterocycles. The SMILES string of the molecule is CC1C[O][Ti]234(=[O])([CH2][CH]2C)([CH2][CH]3C)([CH2][CH]4C)[O]1. The summed E-state index contributed by atoms with van der Waals surface area (Å²) >= 11 is 0. The fourth-order valence-corrected chi connectivity index (χ4v) is 53.6. The first kappa shape index (κ1) is 10.4. The van der Waals surface area contributed by atoms with Crippen molar-refractivity contribution in [1.29, 1.82) is 0 Å². The summed E-state index contributed by atoms with van der Waals surface area (Å²) in [5.41, 5.74) is 0. The molecule has 0 aliphatic carbocycles. The van der Waals surface area contributed by atoms with Crippen molar-refractivity contribution in [1.82, 2.24) is 0 Å². The van der Waals surface area contributed by atoms with Crippen molar-refractivity contribution in [3.05, 3.63) is 0 Å². The van der Waals surface area contributed by atoms with E-state index in [2.05, 4.69) is 20.8 Å².